The van der Waals surface area contributed by atoms with Crippen molar-refractivity contribution in [2.45, 2.75) is 12.0 Å². The molecule has 21 heavy (non-hydrogen) atoms. The van der Waals surface area contributed by atoms with Crippen LogP contribution in [0.4, 0.5) is 0 Å². The molecule has 0 fully saturated rings. The zero-order valence-electron chi connectivity index (χ0n) is 12.4. The summed E-state index contributed by atoms with van der Waals surface area (Å²) >= 11 is 0. The third-order valence-corrected chi connectivity index (χ3v) is 3.71. The Kier molecular flexibility index (Phi) is 5.44. The van der Waals surface area contributed by atoms with Crippen LogP contribution in [0.25, 0.3) is 0 Å². The number of nitrogens with two attached hydrogens (primary N) is 1. The molecule has 0 saturated carbocycles. The molecule has 0 aliphatic carbocycles. The smallest absolute Gasteiger partial charge is 0.114 e. The average Bonchev–Trinajstić information content (AvgIpc) is 2.54. The molecule has 3 N–H and O–H groups in total. The van der Waals surface area contributed by atoms with E-state index in [-0.39, 0.29) is 6.54 Å². The first kappa shape index (κ1) is 15.6. The molecule has 1 atom stereocenters. The van der Waals surface area contributed by atoms with Gasteiger partial charge in [-0.3, -0.25) is 4.98 Å². The predicted octanol–water partition coefficient (Wildman–Crippen LogP) is 1.40. The Bertz CT molecular complexity index is 532. The summed E-state index contributed by atoms with van der Waals surface area (Å²) in [6, 6.07) is 13.7. The van der Waals surface area contributed by atoms with Gasteiger partial charge in [-0.1, -0.05) is 30.3 Å². The molecule has 0 aliphatic heterocycles. The fourth-order valence-corrected chi connectivity index (χ4v) is 2.42. The van der Waals surface area contributed by atoms with Crippen molar-refractivity contribution in [3.05, 3.63) is 66.0 Å². The topological polar surface area (TPSA) is 62.4 Å². The molecular weight excluding hydrogens is 262 g/mol. The maximum absolute atomic E-state index is 10.8. The van der Waals surface area contributed by atoms with Crippen LogP contribution in [-0.2, 0) is 12.0 Å². The molecule has 112 valence electrons. The summed E-state index contributed by atoms with van der Waals surface area (Å²) in [6.07, 6.45) is 4.53. The van der Waals surface area contributed by atoms with Crippen LogP contribution in [0.15, 0.2) is 54.9 Å². The standard InChI is InChI=1S/C17H23N3O/c1-20(12-9-15-7-10-19-11-8-15)14-17(21,13-18)16-5-3-2-4-6-16/h2-8,10-11,21H,9,12-14,18H2,1H3. The molecule has 0 amide bonds. The van der Waals surface area contributed by atoms with E-state index in [4.69, 9.17) is 5.73 Å². The van der Waals surface area contributed by atoms with Crippen molar-refractivity contribution in [3.8, 4) is 0 Å². The van der Waals surface area contributed by atoms with Crippen molar-refractivity contribution < 1.29 is 5.11 Å². The number of hydrogen-bond acceptors (Lipinski definition) is 4. The average molecular weight is 285 g/mol. The SMILES string of the molecule is CN(CCc1ccncc1)CC(O)(CN)c1ccccc1. The van der Waals surface area contributed by atoms with Crippen molar-refractivity contribution in [1.29, 1.82) is 0 Å². The Morgan fingerprint density at radius 3 is 2.43 bits per heavy atom. The minimum atomic E-state index is -1.01. The Morgan fingerprint density at radius 1 is 1.14 bits per heavy atom. The summed E-state index contributed by atoms with van der Waals surface area (Å²) < 4.78 is 0. The van der Waals surface area contributed by atoms with E-state index in [0.717, 1.165) is 18.5 Å². The summed E-state index contributed by atoms with van der Waals surface area (Å²) in [5, 5.41) is 10.8. The second-order valence-corrected chi connectivity index (χ2v) is 5.44. The lowest BCUT2D eigenvalue weighted by molar-refractivity contribution is 0.0141. The normalized spacial score (nSPS) is 14.1. The second-order valence-electron chi connectivity index (χ2n) is 5.44. The van der Waals surface area contributed by atoms with Gasteiger partial charge in [-0.2, -0.15) is 0 Å². The van der Waals surface area contributed by atoms with Crippen LogP contribution in [0.3, 0.4) is 0 Å². The lowest BCUT2D eigenvalue weighted by atomic mass is 9.93. The highest BCUT2D eigenvalue weighted by Crippen LogP contribution is 2.20. The van der Waals surface area contributed by atoms with Gasteiger partial charge in [0, 0.05) is 32.0 Å². The Balaban J connectivity index is 1.95. The van der Waals surface area contributed by atoms with Crippen molar-refractivity contribution in [2.24, 2.45) is 5.73 Å². The molecule has 0 spiro atoms. The molecule has 0 bridgehead atoms. The van der Waals surface area contributed by atoms with Gasteiger partial charge in [0.2, 0.25) is 0 Å². The van der Waals surface area contributed by atoms with Crippen LogP contribution >= 0.6 is 0 Å². The van der Waals surface area contributed by atoms with Crippen LogP contribution in [0.2, 0.25) is 0 Å². The van der Waals surface area contributed by atoms with Crippen molar-refractivity contribution in [3.63, 3.8) is 0 Å². The first-order valence-corrected chi connectivity index (χ1v) is 7.19. The van der Waals surface area contributed by atoms with E-state index in [1.807, 2.05) is 49.5 Å². The molecule has 4 nitrogen and oxygen atoms in total. The van der Waals surface area contributed by atoms with Gasteiger partial charge >= 0.3 is 0 Å². The molecular formula is C17H23N3O. The van der Waals surface area contributed by atoms with Gasteiger partial charge < -0.3 is 15.7 Å². The molecule has 1 heterocycles. The summed E-state index contributed by atoms with van der Waals surface area (Å²) in [6.45, 7) is 1.58. The summed E-state index contributed by atoms with van der Waals surface area (Å²) in [7, 11) is 2.00. The van der Waals surface area contributed by atoms with Crippen molar-refractivity contribution in [2.75, 3.05) is 26.7 Å². The van der Waals surface area contributed by atoms with Gasteiger partial charge in [-0.15, -0.1) is 0 Å². The number of aromatic nitrogens is 1. The Hall–Kier alpha value is -1.75. The molecule has 0 radical (unpaired) electrons. The molecule has 0 aliphatic rings. The number of benzene rings is 1. The third-order valence-electron chi connectivity index (χ3n) is 3.71. The van der Waals surface area contributed by atoms with E-state index in [1.54, 1.807) is 12.4 Å². The Morgan fingerprint density at radius 2 is 1.81 bits per heavy atom. The molecule has 4 heteroatoms. The highest BCUT2D eigenvalue weighted by molar-refractivity contribution is 5.23. The third kappa shape index (κ3) is 4.36. The highest BCUT2D eigenvalue weighted by Gasteiger charge is 2.28. The van der Waals surface area contributed by atoms with Gasteiger partial charge in [0.05, 0.1) is 0 Å². The van der Waals surface area contributed by atoms with E-state index < -0.39 is 5.60 Å². The van der Waals surface area contributed by atoms with Gasteiger partial charge in [-0.05, 0) is 36.7 Å². The van der Waals surface area contributed by atoms with Crippen molar-refractivity contribution in [1.82, 2.24) is 9.88 Å². The molecule has 1 aromatic carbocycles. The summed E-state index contributed by atoms with van der Waals surface area (Å²) in [4.78, 5) is 6.13. The Labute approximate surface area is 126 Å². The maximum Gasteiger partial charge on any atom is 0.114 e. The fourth-order valence-electron chi connectivity index (χ4n) is 2.42. The highest BCUT2D eigenvalue weighted by atomic mass is 16.3. The minimum absolute atomic E-state index is 0.205. The van der Waals surface area contributed by atoms with E-state index in [2.05, 4.69) is 9.88 Å². The lowest BCUT2D eigenvalue weighted by Crippen LogP contribution is -2.45. The van der Waals surface area contributed by atoms with Gasteiger partial charge in [0.15, 0.2) is 0 Å². The van der Waals surface area contributed by atoms with E-state index >= 15 is 0 Å². The molecule has 1 aromatic heterocycles. The molecule has 2 aromatic rings. The number of pyridine rings is 1. The van der Waals surface area contributed by atoms with Crippen LogP contribution < -0.4 is 5.73 Å². The van der Waals surface area contributed by atoms with Crippen LogP contribution in [0.5, 0.6) is 0 Å². The first-order valence-electron chi connectivity index (χ1n) is 7.19. The fraction of sp³-hybridized carbons (Fsp3) is 0.353. The van der Waals surface area contributed by atoms with Gasteiger partial charge in [0.1, 0.15) is 5.60 Å². The van der Waals surface area contributed by atoms with Crippen molar-refractivity contribution >= 4 is 0 Å². The van der Waals surface area contributed by atoms with E-state index in [9.17, 15) is 5.11 Å². The number of hydrogen-bond donors (Lipinski definition) is 2. The first-order chi connectivity index (χ1) is 10.1. The van der Waals surface area contributed by atoms with Crippen LogP contribution in [0.1, 0.15) is 11.1 Å². The molecule has 2 rings (SSSR count). The van der Waals surface area contributed by atoms with E-state index in [1.165, 1.54) is 5.56 Å². The molecule has 0 saturated heterocycles. The summed E-state index contributed by atoms with van der Waals surface area (Å²) in [5.74, 6) is 0. The predicted molar refractivity (Wildman–Crippen MR) is 84.8 cm³/mol. The van der Waals surface area contributed by atoms with Crippen LogP contribution in [-0.4, -0.2) is 41.7 Å². The molecule has 1 unspecified atom stereocenters. The van der Waals surface area contributed by atoms with E-state index in [0.29, 0.717) is 6.54 Å². The zero-order chi connectivity index (χ0) is 15.1. The number of nitrogens with zero attached hydrogens (tertiary/aromatic N) is 2. The maximum atomic E-state index is 10.8. The number of likely N-dealkylation sites (N-methyl/N-ethyl adjacent to an activating group) is 1. The quantitative estimate of drug-likeness (QED) is 0.807. The summed E-state index contributed by atoms with van der Waals surface area (Å²) in [5.41, 5.74) is 6.91. The van der Waals surface area contributed by atoms with Gasteiger partial charge in [0.25, 0.3) is 0 Å². The van der Waals surface area contributed by atoms with Gasteiger partial charge in [-0.25, -0.2) is 0 Å². The zero-order valence-corrected chi connectivity index (χ0v) is 12.4. The monoisotopic (exact) mass is 285 g/mol. The van der Waals surface area contributed by atoms with Crippen LogP contribution in [0, 0.1) is 0 Å². The second kappa shape index (κ2) is 7.31. The number of aliphatic hydroxyl groups is 1. The number of rotatable bonds is 7. The lowest BCUT2D eigenvalue weighted by Gasteiger charge is -2.32. The minimum Gasteiger partial charge on any atom is -0.382 e. The largest absolute Gasteiger partial charge is 0.382 e.